The molecule has 1 aliphatic carbocycles. The lowest BCUT2D eigenvalue weighted by atomic mass is 9.81. The average molecular weight is 190 g/mol. The molecule has 0 radical (unpaired) electrons. The summed E-state index contributed by atoms with van der Waals surface area (Å²) in [6, 6.07) is 0. The lowest BCUT2D eigenvalue weighted by Gasteiger charge is -2.23. The van der Waals surface area contributed by atoms with Gasteiger partial charge in [0.15, 0.2) is 0 Å². The Balaban J connectivity index is 2.27. The summed E-state index contributed by atoms with van der Waals surface area (Å²) in [5, 5.41) is 0. The van der Waals surface area contributed by atoms with Gasteiger partial charge in [0.05, 0.1) is 5.75 Å². The van der Waals surface area contributed by atoms with E-state index >= 15 is 0 Å². The maximum Gasteiger partial charge on any atom is 0.147 e. The molecule has 0 N–H and O–H groups in total. The molecule has 1 saturated carbocycles. The Bertz CT molecular complexity index is 262. The molecule has 0 spiro atoms. The standard InChI is InChI=1S/C8H14O3S/c1-12(10,11)6-5-8(9)7-3-2-4-7/h7H,2-6H2,1H3. The summed E-state index contributed by atoms with van der Waals surface area (Å²) in [4.78, 5) is 11.2. The van der Waals surface area contributed by atoms with Crippen LogP contribution in [0, 0.1) is 5.92 Å². The van der Waals surface area contributed by atoms with Crippen LogP contribution in [0.2, 0.25) is 0 Å². The van der Waals surface area contributed by atoms with Crippen LogP contribution in [0.4, 0.5) is 0 Å². The van der Waals surface area contributed by atoms with Gasteiger partial charge in [-0.25, -0.2) is 8.42 Å². The van der Waals surface area contributed by atoms with Gasteiger partial charge < -0.3 is 0 Å². The molecule has 0 aromatic carbocycles. The fraction of sp³-hybridized carbons (Fsp3) is 0.875. The molecule has 1 aliphatic rings. The van der Waals surface area contributed by atoms with E-state index in [4.69, 9.17) is 0 Å². The van der Waals surface area contributed by atoms with E-state index in [0.717, 1.165) is 19.3 Å². The van der Waals surface area contributed by atoms with Crippen molar-refractivity contribution >= 4 is 15.6 Å². The number of ketones is 1. The third-order valence-corrected chi connectivity index (χ3v) is 3.23. The SMILES string of the molecule is CS(=O)(=O)CCC(=O)C1CCC1. The van der Waals surface area contributed by atoms with E-state index in [1.807, 2.05) is 0 Å². The van der Waals surface area contributed by atoms with E-state index in [0.29, 0.717) is 0 Å². The van der Waals surface area contributed by atoms with Crippen molar-refractivity contribution in [3.63, 3.8) is 0 Å². The highest BCUT2D eigenvalue weighted by Crippen LogP contribution is 2.28. The van der Waals surface area contributed by atoms with Gasteiger partial charge in [-0.05, 0) is 12.8 Å². The van der Waals surface area contributed by atoms with Crippen molar-refractivity contribution in [1.29, 1.82) is 0 Å². The summed E-state index contributed by atoms with van der Waals surface area (Å²) in [7, 11) is -2.96. The number of rotatable bonds is 4. The third-order valence-electron chi connectivity index (χ3n) is 2.28. The van der Waals surface area contributed by atoms with Crippen LogP contribution in [-0.4, -0.2) is 26.2 Å². The Morgan fingerprint density at radius 3 is 2.33 bits per heavy atom. The van der Waals surface area contributed by atoms with E-state index in [-0.39, 0.29) is 23.9 Å². The maximum absolute atomic E-state index is 11.2. The van der Waals surface area contributed by atoms with Gasteiger partial charge in [0, 0.05) is 18.6 Å². The number of carbonyl (C=O) groups excluding carboxylic acids is 1. The molecule has 0 bridgehead atoms. The van der Waals surface area contributed by atoms with E-state index in [9.17, 15) is 13.2 Å². The van der Waals surface area contributed by atoms with E-state index in [1.165, 1.54) is 6.26 Å². The van der Waals surface area contributed by atoms with Crippen LogP contribution in [0.25, 0.3) is 0 Å². The van der Waals surface area contributed by atoms with Crippen LogP contribution in [-0.2, 0) is 14.6 Å². The monoisotopic (exact) mass is 190 g/mol. The first-order chi connectivity index (χ1) is 5.49. The number of Topliss-reactive ketones (excluding diaryl/α,β-unsaturated/α-hetero) is 1. The maximum atomic E-state index is 11.2. The highest BCUT2D eigenvalue weighted by molar-refractivity contribution is 7.90. The highest BCUT2D eigenvalue weighted by atomic mass is 32.2. The molecule has 0 aromatic rings. The lowest BCUT2D eigenvalue weighted by molar-refractivity contribution is -0.124. The van der Waals surface area contributed by atoms with Gasteiger partial charge in [-0.2, -0.15) is 0 Å². The average Bonchev–Trinajstić information content (AvgIpc) is 1.78. The summed E-state index contributed by atoms with van der Waals surface area (Å²) >= 11 is 0. The van der Waals surface area contributed by atoms with Gasteiger partial charge in [-0.3, -0.25) is 4.79 Å². The molecule has 12 heavy (non-hydrogen) atoms. The number of hydrogen-bond acceptors (Lipinski definition) is 3. The summed E-state index contributed by atoms with van der Waals surface area (Å²) in [5.74, 6) is 0.320. The van der Waals surface area contributed by atoms with Crippen LogP contribution in [0.15, 0.2) is 0 Å². The molecule has 0 saturated heterocycles. The Morgan fingerprint density at radius 2 is 2.00 bits per heavy atom. The summed E-state index contributed by atoms with van der Waals surface area (Å²) < 4.78 is 21.4. The quantitative estimate of drug-likeness (QED) is 0.658. The molecular weight excluding hydrogens is 176 g/mol. The van der Waals surface area contributed by atoms with Crippen molar-refractivity contribution in [1.82, 2.24) is 0 Å². The van der Waals surface area contributed by atoms with Crippen molar-refractivity contribution in [2.24, 2.45) is 5.92 Å². The van der Waals surface area contributed by atoms with Crippen LogP contribution < -0.4 is 0 Å². The summed E-state index contributed by atoms with van der Waals surface area (Å²) in [5.41, 5.74) is 0. The topological polar surface area (TPSA) is 51.2 Å². The first-order valence-electron chi connectivity index (χ1n) is 4.19. The van der Waals surface area contributed by atoms with Gasteiger partial charge >= 0.3 is 0 Å². The van der Waals surface area contributed by atoms with Crippen LogP contribution >= 0.6 is 0 Å². The zero-order valence-electron chi connectivity index (χ0n) is 7.25. The van der Waals surface area contributed by atoms with Crippen LogP contribution in [0.5, 0.6) is 0 Å². The predicted octanol–water partition coefficient (Wildman–Crippen LogP) is 0.790. The van der Waals surface area contributed by atoms with Gasteiger partial charge in [0.1, 0.15) is 15.6 Å². The Morgan fingerprint density at radius 1 is 1.42 bits per heavy atom. The minimum atomic E-state index is -2.96. The fourth-order valence-corrected chi connectivity index (χ4v) is 1.79. The molecule has 0 unspecified atom stereocenters. The number of sulfone groups is 1. The fourth-order valence-electron chi connectivity index (χ4n) is 1.22. The summed E-state index contributed by atoms with van der Waals surface area (Å²) in [6.45, 7) is 0. The molecule has 0 aromatic heterocycles. The molecule has 0 heterocycles. The normalized spacial score (nSPS) is 18.8. The second kappa shape index (κ2) is 3.56. The largest absolute Gasteiger partial charge is 0.299 e. The minimum absolute atomic E-state index is 0.0162. The zero-order valence-corrected chi connectivity index (χ0v) is 8.06. The number of hydrogen-bond donors (Lipinski definition) is 0. The Hall–Kier alpha value is -0.380. The lowest BCUT2D eigenvalue weighted by Crippen LogP contribution is -2.23. The molecule has 0 atom stereocenters. The van der Waals surface area contributed by atoms with Crippen molar-refractivity contribution in [3.8, 4) is 0 Å². The molecule has 0 aliphatic heterocycles. The van der Waals surface area contributed by atoms with E-state index < -0.39 is 9.84 Å². The van der Waals surface area contributed by atoms with Gasteiger partial charge in [-0.15, -0.1) is 0 Å². The first kappa shape index (κ1) is 9.71. The molecule has 0 amide bonds. The molecule has 1 fully saturated rings. The first-order valence-corrected chi connectivity index (χ1v) is 6.25. The molecular formula is C8H14O3S. The highest BCUT2D eigenvalue weighted by Gasteiger charge is 2.25. The molecule has 70 valence electrons. The molecule has 3 nitrogen and oxygen atoms in total. The Labute approximate surface area is 73.1 Å². The van der Waals surface area contributed by atoms with Gasteiger partial charge in [0.25, 0.3) is 0 Å². The second-order valence-corrected chi connectivity index (χ2v) is 5.73. The smallest absolute Gasteiger partial charge is 0.147 e. The van der Waals surface area contributed by atoms with Crippen molar-refractivity contribution in [2.45, 2.75) is 25.7 Å². The third kappa shape index (κ3) is 2.93. The van der Waals surface area contributed by atoms with Crippen molar-refractivity contribution in [2.75, 3.05) is 12.0 Å². The molecule has 1 rings (SSSR count). The van der Waals surface area contributed by atoms with Crippen molar-refractivity contribution in [3.05, 3.63) is 0 Å². The zero-order chi connectivity index (χ0) is 9.19. The van der Waals surface area contributed by atoms with Crippen LogP contribution in [0.1, 0.15) is 25.7 Å². The second-order valence-electron chi connectivity index (χ2n) is 3.47. The predicted molar refractivity (Wildman–Crippen MR) is 46.7 cm³/mol. The van der Waals surface area contributed by atoms with Gasteiger partial charge in [-0.1, -0.05) is 6.42 Å². The Kier molecular flexibility index (Phi) is 2.88. The van der Waals surface area contributed by atoms with Gasteiger partial charge in [0.2, 0.25) is 0 Å². The van der Waals surface area contributed by atoms with Crippen molar-refractivity contribution < 1.29 is 13.2 Å². The molecule has 4 heteroatoms. The van der Waals surface area contributed by atoms with E-state index in [1.54, 1.807) is 0 Å². The minimum Gasteiger partial charge on any atom is -0.299 e. The van der Waals surface area contributed by atoms with Crippen LogP contribution in [0.3, 0.4) is 0 Å². The summed E-state index contributed by atoms with van der Waals surface area (Å²) in [6.07, 6.45) is 4.42. The number of carbonyl (C=O) groups is 1. The van der Waals surface area contributed by atoms with E-state index in [2.05, 4.69) is 0 Å².